The summed E-state index contributed by atoms with van der Waals surface area (Å²) >= 11 is 3.45. The topological polar surface area (TPSA) is 96.0 Å². The molecule has 0 aliphatic heterocycles. The van der Waals surface area contributed by atoms with Crippen molar-refractivity contribution in [2.75, 3.05) is 24.5 Å². The summed E-state index contributed by atoms with van der Waals surface area (Å²) in [4.78, 5) is 28.4. The van der Waals surface area contributed by atoms with Crippen LogP contribution in [0.5, 0.6) is 5.75 Å². The van der Waals surface area contributed by atoms with Crippen molar-refractivity contribution in [1.29, 1.82) is 0 Å². The normalized spacial score (nSPS) is 11.9. The fourth-order valence-electron chi connectivity index (χ4n) is 3.96. The van der Waals surface area contributed by atoms with Crippen molar-refractivity contribution in [1.82, 2.24) is 10.2 Å². The number of carbonyl (C=O) groups is 2. The van der Waals surface area contributed by atoms with Crippen LogP contribution in [0.3, 0.4) is 0 Å². The maximum Gasteiger partial charge on any atom is 0.264 e. The van der Waals surface area contributed by atoms with Crippen molar-refractivity contribution in [2.24, 2.45) is 0 Å². The number of methoxy groups -OCH3 is 1. The van der Waals surface area contributed by atoms with E-state index in [1.54, 1.807) is 49.4 Å². The molecule has 0 spiro atoms. The Bertz CT molecular complexity index is 1370. The summed E-state index contributed by atoms with van der Waals surface area (Å²) in [7, 11) is -2.64. The lowest BCUT2D eigenvalue weighted by molar-refractivity contribution is -0.139. The number of benzene rings is 3. The van der Waals surface area contributed by atoms with Gasteiger partial charge in [-0.05, 0) is 55.3 Å². The van der Waals surface area contributed by atoms with Gasteiger partial charge in [-0.2, -0.15) is 0 Å². The second-order valence-electron chi connectivity index (χ2n) is 9.00. The molecule has 3 rings (SSSR count). The molecular weight excluding hydrogens is 582 g/mol. The van der Waals surface area contributed by atoms with Crippen LogP contribution in [0.4, 0.5) is 5.69 Å². The molecule has 1 N–H and O–H groups in total. The van der Waals surface area contributed by atoms with Crippen LogP contribution in [-0.2, 0) is 26.2 Å². The molecule has 0 heterocycles. The number of amides is 2. The molecule has 10 heteroatoms. The Morgan fingerprint density at radius 2 is 1.72 bits per heavy atom. The molecule has 0 saturated carbocycles. The second kappa shape index (κ2) is 14.1. The monoisotopic (exact) mass is 615 g/mol. The molecule has 0 unspecified atom stereocenters. The number of halogens is 1. The van der Waals surface area contributed by atoms with Gasteiger partial charge in [-0.1, -0.05) is 65.7 Å². The third kappa shape index (κ3) is 8.06. The van der Waals surface area contributed by atoms with Crippen LogP contribution in [0.1, 0.15) is 32.3 Å². The minimum atomic E-state index is -4.13. The highest BCUT2D eigenvalue weighted by molar-refractivity contribution is 9.10. The molecule has 0 bridgehead atoms. The Morgan fingerprint density at radius 1 is 1.00 bits per heavy atom. The first-order valence-corrected chi connectivity index (χ1v) is 14.9. The molecule has 0 aromatic heterocycles. The lowest BCUT2D eigenvalue weighted by atomic mass is 10.1. The van der Waals surface area contributed by atoms with Gasteiger partial charge in [0, 0.05) is 23.6 Å². The van der Waals surface area contributed by atoms with Crippen molar-refractivity contribution in [2.45, 2.75) is 44.2 Å². The van der Waals surface area contributed by atoms with Crippen LogP contribution in [0.25, 0.3) is 0 Å². The number of hydrogen-bond acceptors (Lipinski definition) is 5. The summed E-state index contributed by atoms with van der Waals surface area (Å²) in [6.07, 6.45) is 1.74. The second-order valence-corrected chi connectivity index (χ2v) is 11.8. The van der Waals surface area contributed by atoms with Gasteiger partial charge < -0.3 is 15.0 Å². The lowest BCUT2D eigenvalue weighted by Gasteiger charge is -2.32. The molecule has 8 nitrogen and oxygen atoms in total. The van der Waals surface area contributed by atoms with Crippen molar-refractivity contribution in [3.63, 3.8) is 0 Å². The molecule has 3 aromatic rings. The molecule has 208 valence electrons. The Hall–Kier alpha value is -3.37. The molecule has 2 amide bonds. The van der Waals surface area contributed by atoms with E-state index in [4.69, 9.17) is 4.74 Å². The van der Waals surface area contributed by atoms with E-state index >= 15 is 0 Å². The van der Waals surface area contributed by atoms with Gasteiger partial charge in [0.1, 0.15) is 18.3 Å². The van der Waals surface area contributed by atoms with Gasteiger partial charge in [-0.3, -0.25) is 13.9 Å². The SMILES string of the molecule is CCCCNC(=O)[C@H](C)N(Cc1cccc(Br)c1)C(=O)CN(c1cccc(OC)c1)S(=O)(=O)c1ccccc1. The van der Waals surface area contributed by atoms with Crippen LogP contribution in [0.15, 0.2) is 88.2 Å². The zero-order chi connectivity index (χ0) is 28.4. The van der Waals surface area contributed by atoms with Crippen molar-refractivity contribution < 1.29 is 22.7 Å². The molecule has 0 aliphatic carbocycles. The van der Waals surface area contributed by atoms with Gasteiger partial charge in [-0.15, -0.1) is 0 Å². The molecule has 3 aromatic carbocycles. The number of carbonyl (C=O) groups excluding carboxylic acids is 2. The maximum absolute atomic E-state index is 13.9. The van der Waals surface area contributed by atoms with E-state index in [1.807, 2.05) is 31.2 Å². The number of nitrogens with zero attached hydrogens (tertiary/aromatic N) is 2. The molecule has 0 saturated heterocycles. The summed E-state index contributed by atoms with van der Waals surface area (Å²) in [5, 5.41) is 2.88. The van der Waals surface area contributed by atoms with Crippen LogP contribution in [0.2, 0.25) is 0 Å². The van der Waals surface area contributed by atoms with Crippen LogP contribution < -0.4 is 14.4 Å². The Morgan fingerprint density at radius 3 is 2.38 bits per heavy atom. The quantitative estimate of drug-likeness (QED) is 0.273. The zero-order valence-electron chi connectivity index (χ0n) is 22.3. The molecule has 39 heavy (non-hydrogen) atoms. The maximum atomic E-state index is 13.9. The van der Waals surface area contributed by atoms with E-state index in [1.165, 1.54) is 24.1 Å². The number of nitrogens with one attached hydrogen (secondary N) is 1. The van der Waals surface area contributed by atoms with Gasteiger partial charge in [-0.25, -0.2) is 8.42 Å². The third-order valence-electron chi connectivity index (χ3n) is 6.19. The van der Waals surface area contributed by atoms with E-state index in [2.05, 4.69) is 21.2 Å². The summed E-state index contributed by atoms with van der Waals surface area (Å²) in [5.74, 6) is -0.371. The standard InChI is InChI=1S/C29H34BrN3O5S/c1-4-5-17-31-29(35)22(2)32(20-23-11-9-12-24(30)18-23)28(34)21-33(25-13-10-14-26(19-25)38-3)39(36,37)27-15-7-6-8-16-27/h6-16,18-19,22H,4-5,17,20-21H2,1-3H3,(H,31,35)/t22-/m0/s1. The largest absolute Gasteiger partial charge is 0.497 e. The number of unbranched alkanes of at least 4 members (excludes halogenated alkanes) is 1. The lowest BCUT2D eigenvalue weighted by Crippen LogP contribution is -2.51. The van der Waals surface area contributed by atoms with Crippen molar-refractivity contribution in [3.05, 3.63) is 88.9 Å². The van der Waals surface area contributed by atoms with E-state index in [-0.39, 0.29) is 23.0 Å². The zero-order valence-corrected chi connectivity index (χ0v) is 24.7. The number of anilines is 1. The smallest absolute Gasteiger partial charge is 0.264 e. The van der Waals surface area contributed by atoms with Gasteiger partial charge in [0.2, 0.25) is 11.8 Å². The predicted molar refractivity (Wildman–Crippen MR) is 156 cm³/mol. The number of rotatable bonds is 13. The fourth-order valence-corrected chi connectivity index (χ4v) is 5.84. The summed E-state index contributed by atoms with van der Waals surface area (Å²) in [6.45, 7) is 3.79. The Balaban J connectivity index is 2.01. The predicted octanol–water partition coefficient (Wildman–Crippen LogP) is 4.99. The van der Waals surface area contributed by atoms with Gasteiger partial charge in [0.05, 0.1) is 17.7 Å². The summed E-state index contributed by atoms with van der Waals surface area (Å²) < 4.78 is 34.8. The minimum absolute atomic E-state index is 0.0458. The number of ether oxygens (including phenoxy) is 1. The minimum Gasteiger partial charge on any atom is -0.497 e. The third-order valence-corrected chi connectivity index (χ3v) is 8.47. The molecule has 0 aliphatic rings. The van der Waals surface area contributed by atoms with Crippen LogP contribution >= 0.6 is 15.9 Å². The van der Waals surface area contributed by atoms with Crippen LogP contribution in [0, 0.1) is 0 Å². The molecule has 0 fully saturated rings. The highest BCUT2D eigenvalue weighted by atomic mass is 79.9. The van der Waals surface area contributed by atoms with Crippen molar-refractivity contribution in [3.8, 4) is 5.75 Å². The van der Waals surface area contributed by atoms with E-state index in [0.29, 0.717) is 12.3 Å². The first kappa shape index (κ1) is 30.2. The van der Waals surface area contributed by atoms with Gasteiger partial charge in [0.15, 0.2) is 0 Å². The molecular formula is C29H34BrN3O5S. The first-order valence-electron chi connectivity index (χ1n) is 12.7. The van der Waals surface area contributed by atoms with E-state index in [0.717, 1.165) is 27.2 Å². The molecule has 1 atom stereocenters. The summed E-state index contributed by atoms with van der Waals surface area (Å²) in [5.41, 5.74) is 1.07. The number of hydrogen-bond donors (Lipinski definition) is 1. The van der Waals surface area contributed by atoms with Crippen molar-refractivity contribution >= 4 is 43.5 Å². The summed E-state index contributed by atoms with van der Waals surface area (Å²) in [6, 6.07) is 21.1. The van der Waals surface area contributed by atoms with Gasteiger partial charge >= 0.3 is 0 Å². The fraction of sp³-hybridized carbons (Fsp3) is 0.310. The van der Waals surface area contributed by atoms with Gasteiger partial charge in [0.25, 0.3) is 10.0 Å². The van der Waals surface area contributed by atoms with E-state index in [9.17, 15) is 18.0 Å². The average Bonchev–Trinajstić information content (AvgIpc) is 2.94. The highest BCUT2D eigenvalue weighted by Gasteiger charge is 2.32. The van der Waals surface area contributed by atoms with E-state index < -0.39 is 28.5 Å². The number of sulfonamides is 1. The first-order chi connectivity index (χ1) is 18.7. The Kier molecular flexibility index (Phi) is 10.9. The molecule has 0 radical (unpaired) electrons. The highest BCUT2D eigenvalue weighted by Crippen LogP contribution is 2.27. The Labute approximate surface area is 239 Å². The average molecular weight is 617 g/mol. The van der Waals surface area contributed by atoms with Crippen LogP contribution in [-0.4, -0.2) is 51.4 Å².